The summed E-state index contributed by atoms with van der Waals surface area (Å²) in [5, 5.41) is 7.97. The highest BCUT2D eigenvalue weighted by atomic mass is 16.5. The highest BCUT2D eigenvalue weighted by molar-refractivity contribution is 5.49. The van der Waals surface area contributed by atoms with Crippen LogP contribution in [0.4, 0.5) is 0 Å². The molecule has 2 rings (SSSR count). The molecule has 2 aromatic heterocycles. The standard InChI is InChI=1S/C11H17N5O/c1-11(2,3)8(12)9-14-10(17-15-9)7-5-13-16(4)6-7/h5-6,8H,12H2,1-4H3. The molecule has 0 aromatic carbocycles. The zero-order valence-electron chi connectivity index (χ0n) is 10.5. The Bertz CT molecular complexity index is 508. The fourth-order valence-electron chi connectivity index (χ4n) is 1.40. The van der Waals surface area contributed by atoms with E-state index in [2.05, 4.69) is 15.2 Å². The molecule has 2 heterocycles. The van der Waals surface area contributed by atoms with Crippen molar-refractivity contribution >= 4 is 0 Å². The molecule has 6 nitrogen and oxygen atoms in total. The SMILES string of the molecule is Cn1cc(-c2nc(C(N)C(C)(C)C)no2)cn1. The third-order valence-electron chi connectivity index (χ3n) is 2.60. The molecular formula is C11H17N5O. The minimum Gasteiger partial charge on any atom is -0.334 e. The number of rotatable bonds is 2. The minimum absolute atomic E-state index is 0.101. The smallest absolute Gasteiger partial charge is 0.261 e. The lowest BCUT2D eigenvalue weighted by molar-refractivity contribution is 0.303. The van der Waals surface area contributed by atoms with Crippen molar-refractivity contribution in [3.05, 3.63) is 18.2 Å². The summed E-state index contributed by atoms with van der Waals surface area (Å²) in [6.45, 7) is 6.12. The first kappa shape index (κ1) is 11.8. The van der Waals surface area contributed by atoms with E-state index in [1.807, 2.05) is 34.0 Å². The summed E-state index contributed by atoms with van der Waals surface area (Å²) in [6, 6.07) is -0.253. The lowest BCUT2D eigenvalue weighted by atomic mass is 9.87. The first-order valence-electron chi connectivity index (χ1n) is 5.46. The van der Waals surface area contributed by atoms with E-state index >= 15 is 0 Å². The van der Waals surface area contributed by atoms with E-state index in [1.165, 1.54) is 0 Å². The Morgan fingerprint density at radius 2 is 2.12 bits per heavy atom. The summed E-state index contributed by atoms with van der Waals surface area (Å²) in [4.78, 5) is 4.30. The van der Waals surface area contributed by atoms with Crippen molar-refractivity contribution in [3.8, 4) is 11.5 Å². The second-order valence-electron chi connectivity index (χ2n) is 5.20. The predicted molar refractivity (Wildman–Crippen MR) is 62.9 cm³/mol. The summed E-state index contributed by atoms with van der Waals surface area (Å²) in [5.74, 6) is 0.976. The molecule has 0 aliphatic carbocycles. The molecule has 2 aromatic rings. The minimum atomic E-state index is -0.253. The summed E-state index contributed by atoms with van der Waals surface area (Å²) >= 11 is 0. The molecular weight excluding hydrogens is 218 g/mol. The molecule has 0 aliphatic rings. The molecule has 6 heteroatoms. The number of aryl methyl sites for hydroxylation is 1. The molecule has 2 N–H and O–H groups in total. The fraction of sp³-hybridized carbons (Fsp3) is 0.545. The van der Waals surface area contributed by atoms with Crippen LogP contribution in [0.2, 0.25) is 0 Å². The van der Waals surface area contributed by atoms with Crippen LogP contribution >= 0.6 is 0 Å². The van der Waals surface area contributed by atoms with E-state index in [0.717, 1.165) is 5.56 Å². The van der Waals surface area contributed by atoms with E-state index in [9.17, 15) is 0 Å². The van der Waals surface area contributed by atoms with Crippen molar-refractivity contribution in [2.45, 2.75) is 26.8 Å². The Balaban J connectivity index is 2.28. The van der Waals surface area contributed by atoms with E-state index in [0.29, 0.717) is 11.7 Å². The first-order chi connectivity index (χ1) is 7.88. The molecule has 0 aliphatic heterocycles. The maximum atomic E-state index is 6.06. The lowest BCUT2D eigenvalue weighted by Gasteiger charge is -2.23. The Morgan fingerprint density at radius 1 is 1.41 bits per heavy atom. The number of nitrogens with two attached hydrogens (primary N) is 1. The quantitative estimate of drug-likeness (QED) is 0.853. The normalized spacial score (nSPS) is 13.9. The van der Waals surface area contributed by atoms with Crippen LogP contribution < -0.4 is 5.73 Å². The van der Waals surface area contributed by atoms with Crippen molar-refractivity contribution in [3.63, 3.8) is 0 Å². The Kier molecular flexibility index (Phi) is 2.74. The van der Waals surface area contributed by atoms with Gasteiger partial charge in [-0.3, -0.25) is 4.68 Å². The third kappa shape index (κ3) is 2.36. The highest BCUT2D eigenvalue weighted by Crippen LogP contribution is 2.29. The molecule has 1 atom stereocenters. The average Bonchev–Trinajstić information content (AvgIpc) is 2.83. The van der Waals surface area contributed by atoms with Crippen LogP contribution in [-0.2, 0) is 7.05 Å². The van der Waals surface area contributed by atoms with Gasteiger partial charge in [0.1, 0.15) is 0 Å². The molecule has 0 saturated carbocycles. The van der Waals surface area contributed by atoms with Crippen LogP contribution in [0.5, 0.6) is 0 Å². The zero-order valence-corrected chi connectivity index (χ0v) is 10.5. The number of hydrogen-bond acceptors (Lipinski definition) is 5. The van der Waals surface area contributed by atoms with Gasteiger partial charge in [-0.05, 0) is 5.41 Å². The van der Waals surface area contributed by atoms with Gasteiger partial charge in [-0.1, -0.05) is 25.9 Å². The van der Waals surface area contributed by atoms with Crippen molar-refractivity contribution in [2.75, 3.05) is 0 Å². The largest absolute Gasteiger partial charge is 0.334 e. The van der Waals surface area contributed by atoms with Crippen LogP contribution in [0.25, 0.3) is 11.5 Å². The average molecular weight is 235 g/mol. The maximum absolute atomic E-state index is 6.06. The summed E-state index contributed by atoms with van der Waals surface area (Å²) in [7, 11) is 1.83. The zero-order chi connectivity index (χ0) is 12.6. The van der Waals surface area contributed by atoms with Crippen LogP contribution in [-0.4, -0.2) is 19.9 Å². The van der Waals surface area contributed by atoms with Gasteiger partial charge in [0.15, 0.2) is 5.82 Å². The van der Waals surface area contributed by atoms with E-state index in [1.54, 1.807) is 10.9 Å². The Hall–Kier alpha value is -1.69. The van der Waals surface area contributed by atoms with Gasteiger partial charge in [-0.25, -0.2) is 0 Å². The third-order valence-corrected chi connectivity index (χ3v) is 2.60. The molecule has 17 heavy (non-hydrogen) atoms. The number of nitrogens with zero attached hydrogens (tertiary/aromatic N) is 4. The first-order valence-corrected chi connectivity index (χ1v) is 5.46. The predicted octanol–water partition coefficient (Wildman–Crippen LogP) is 1.52. The van der Waals surface area contributed by atoms with Crippen LogP contribution in [0.3, 0.4) is 0 Å². The van der Waals surface area contributed by atoms with Gasteiger partial charge in [-0.15, -0.1) is 0 Å². The Labute approximate surface area is 99.8 Å². The molecule has 0 fully saturated rings. The fourth-order valence-corrected chi connectivity index (χ4v) is 1.40. The summed E-state index contributed by atoms with van der Waals surface area (Å²) in [6.07, 6.45) is 3.50. The molecule has 92 valence electrons. The summed E-state index contributed by atoms with van der Waals surface area (Å²) < 4.78 is 6.87. The van der Waals surface area contributed by atoms with Crippen molar-refractivity contribution < 1.29 is 4.52 Å². The monoisotopic (exact) mass is 235 g/mol. The van der Waals surface area contributed by atoms with Gasteiger partial charge >= 0.3 is 0 Å². The number of aromatic nitrogens is 4. The number of hydrogen-bond donors (Lipinski definition) is 1. The molecule has 0 radical (unpaired) electrons. The van der Waals surface area contributed by atoms with Gasteiger partial charge in [0.25, 0.3) is 5.89 Å². The Morgan fingerprint density at radius 3 is 2.65 bits per heavy atom. The van der Waals surface area contributed by atoms with Gasteiger partial charge in [-0.2, -0.15) is 10.1 Å². The topological polar surface area (TPSA) is 82.8 Å². The second kappa shape index (κ2) is 3.96. The van der Waals surface area contributed by atoms with Crippen LogP contribution in [0.15, 0.2) is 16.9 Å². The molecule has 0 saturated heterocycles. The molecule has 0 amide bonds. The van der Waals surface area contributed by atoms with Crippen LogP contribution in [0.1, 0.15) is 32.6 Å². The molecule has 1 unspecified atom stereocenters. The maximum Gasteiger partial charge on any atom is 0.261 e. The van der Waals surface area contributed by atoms with Crippen molar-refractivity contribution in [1.29, 1.82) is 0 Å². The summed E-state index contributed by atoms with van der Waals surface area (Å²) in [5.41, 5.74) is 6.76. The van der Waals surface area contributed by atoms with Crippen LogP contribution in [0, 0.1) is 5.41 Å². The molecule has 0 spiro atoms. The van der Waals surface area contributed by atoms with E-state index < -0.39 is 0 Å². The van der Waals surface area contributed by atoms with Gasteiger partial charge < -0.3 is 10.3 Å². The van der Waals surface area contributed by atoms with Crippen molar-refractivity contribution in [1.82, 2.24) is 19.9 Å². The molecule has 0 bridgehead atoms. The highest BCUT2D eigenvalue weighted by Gasteiger charge is 2.27. The van der Waals surface area contributed by atoms with Gasteiger partial charge in [0, 0.05) is 13.2 Å². The van der Waals surface area contributed by atoms with E-state index in [-0.39, 0.29) is 11.5 Å². The second-order valence-corrected chi connectivity index (χ2v) is 5.20. The van der Waals surface area contributed by atoms with Gasteiger partial charge in [0.05, 0.1) is 17.8 Å². The lowest BCUT2D eigenvalue weighted by Crippen LogP contribution is -2.27. The van der Waals surface area contributed by atoms with Crippen molar-refractivity contribution in [2.24, 2.45) is 18.2 Å². The van der Waals surface area contributed by atoms with Gasteiger partial charge in [0.2, 0.25) is 0 Å². The van der Waals surface area contributed by atoms with E-state index in [4.69, 9.17) is 10.3 Å².